The van der Waals surface area contributed by atoms with Crippen LogP contribution in [0, 0.1) is 17.0 Å². The lowest BCUT2D eigenvalue weighted by atomic mass is 10.0. The van der Waals surface area contributed by atoms with E-state index in [1.807, 2.05) is 19.1 Å². The SMILES string of the molecule is Cc1cc(Cl)ccc1CC1(N)N=C(N)C([N+](=O)[O-])=CN1. The Morgan fingerprint density at radius 3 is 2.80 bits per heavy atom. The van der Waals surface area contributed by atoms with Gasteiger partial charge in [-0.2, -0.15) is 0 Å². The molecule has 20 heavy (non-hydrogen) atoms. The third-order valence-corrected chi connectivity index (χ3v) is 3.24. The van der Waals surface area contributed by atoms with E-state index < -0.39 is 10.7 Å². The molecule has 0 aliphatic carbocycles. The number of rotatable bonds is 3. The molecule has 5 N–H and O–H groups in total. The largest absolute Gasteiger partial charge is 0.378 e. The van der Waals surface area contributed by atoms with E-state index in [2.05, 4.69) is 10.3 Å². The summed E-state index contributed by atoms with van der Waals surface area (Å²) in [5.74, 6) is -1.40. The molecule has 7 nitrogen and oxygen atoms in total. The molecule has 0 spiro atoms. The van der Waals surface area contributed by atoms with Crippen molar-refractivity contribution in [2.24, 2.45) is 16.5 Å². The topological polar surface area (TPSA) is 120 Å². The first-order chi connectivity index (χ1) is 9.31. The molecule has 0 fully saturated rings. The average molecular weight is 296 g/mol. The Hall–Kier alpha value is -2.12. The summed E-state index contributed by atoms with van der Waals surface area (Å²) in [6.45, 7) is 1.90. The molecule has 0 radical (unpaired) electrons. The Morgan fingerprint density at radius 1 is 1.55 bits per heavy atom. The first-order valence-electron chi connectivity index (χ1n) is 5.82. The fourth-order valence-corrected chi connectivity index (χ4v) is 2.18. The highest BCUT2D eigenvalue weighted by Gasteiger charge is 2.32. The van der Waals surface area contributed by atoms with Gasteiger partial charge in [0.2, 0.25) is 5.84 Å². The van der Waals surface area contributed by atoms with Gasteiger partial charge in [-0.1, -0.05) is 17.7 Å². The van der Waals surface area contributed by atoms with Gasteiger partial charge in [-0.25, -0.2) is 4.99 Å². The minimum absolute atomic E-state index is 0.192. The predicted molar refractivity (Wildman–Crippen MR) is 76.6 cm³/mol. The van der Waals surface area contributed by atoms with E-state index in [4.69, 9.17) is 23.1 Å². The van der Waals surface area contributed by atoms with E-state index >= 15 is 0 Å². The molecule has 106 valence electrons. The minimum Gasteiger partial charge on any atom is -0.378 e. The summed E-state index contributed by atoms with van der Waals surface area (Å²) in [7, 11) is 0. The molecule has 0 bridgehead atoms. The predicted octanol–water partition coefficient (Wildman–Crippen LogP) is 0.882. The van der Waals surface area contributed by atoms with Gasteiger partial charge in [0.05, 0.1) is 11.1 Å². The monoisotopic (exact) mass is 295 g/mol. The quantitative estimate of drug-likeness (QED) is 0.565. The Morgan fingerprint density at radius 2 is 2.25 bits per heavy atom. The lowest BCUT2D eigenvalue weighted by Gasteiger charge is -2.29. The second kappa shape index (κ2) is 5.10. The summed E-state index contributed by atoms with van der Waals surface area (Å²) >= 11 is 5.89. The van der Waals surface area contributed by atoms with Gasteiger partial charge in [0.1, 0.15) is 0 Å². The summed E-state index contributed by atoms with van der Waals surface area (Å²) in [6.07, 6.45) is 1.51. The van der Waals surface area contributed by atoms with Gasteiger partial charge in [0.25, 0.3) is 0 Å². The molecular weight excluding hydrogens is 282 g/mol. The summed E-state index contributed by atoms with van der Waals surface area (Å²) in [5, 5.41) is 14.1. The second-order valence-electron chi connectivity index (χ2n) is 4.60. The number of nitrogens with two attached hydrogens (primary N) is 2. The zero-order valence-corrected chi connectivity index (χ0v) is 11.5. The molecule has 1 heterocycles. The fourth-order valence-electron chi connectivity index (χ4n) is 1.96. The van der Waals surface area contributed by atoms with Gasteiger partial charge >= 0.3 is 5.70 Å². The van der Waals surface area contributed by atoms with Crippen molar-refractivity contribution in [3.8, 4) is 0 Å². The van der Waals surface area contributed by atoms with Crippen LogP contribution in [0.15, 0.2) is 35.1 Å². The molecule has 0 amide bonds. The molecule has 8 heteroatoms. The van der Waals surface area contributed by atoms with Gasteiger partial charge in [-0.15, -0.1) is 0 Å². The summed E-state index contributed by atoms with van der Waals surface area (Å²) < 4.78 is 0. The fraction of sp³-hybridized carbons (Fsp3) is 0.250. The number of nitro groups is 1. The number of benzene rings is 1. The number of halogens is 1. The van der Waals surface area contributed by atoms with Crippen LogP contribution in [0.3, 0.4) is 0 Å². The van der Waals surface area contributed by atoms with Crippen molar-refractivity contribution in [2.45, 2.75) is 19.1 Å². The number of hydrogen-bond donors (Lipinski definition) is 3. The Balaban J connectivity index is 2.24. The summed E-state index contributed by atoms with van der Waals surface area (Å²) in [4.78, 5) is 14.1. The van der Waals surface area contributed by atoms with Crippen LogP contribution in [0.5, 0.6) is 0 Å². The van der Waals surface area contributed by atoms with Crippen molar-refractivity contribution < 1.29 is 4.92 Å². The minimum atomic E-state index is -1.21. The Kier molecular flexibility index (Phi) is 3.65. The molecule has 2 rings (SSSR count). The molecular formula is C12H14ClN5O2. The molecule has 1 aromatic carbocycles. The summed E-state index contributed by atoms with van der Waals surface area (Å²) in [5.41, 5.74) is 13.2. The van der Waals surface area contributed by atoms with Crippen LogP contribution >= 0.6 is 11.6 Å². The van der Waals surface area contributed by atoms with Gasteiger partial charge < -0.3 is 11.1 Å². The molecule has 0 saturated heterocycles. The average Bonchev–Trinajstić information content (AvgIpc) is 2.32. The molecule has 1 aliphatic rings. The highest BCUT2D eigenvalue weighted by Crippen LogP contribution is 2.20. The number of aliphatic imine (C=N–C) groups is 1. The van der Waals surface area contributed by atoms with E-state index in [0.717, 1.165) is 11.1 Å². The Bertz CT molecular complexity index is 628. The highest BCUT2D eigenvalue weighted by atomic mass is 35.5. The number of nitrogens with one attached hydrogen (secondary N) is 1. The van der Waals surface area contributed by atoms with Crippen molar-refractivity contribution in [1.29, 1.82) is 0 Å². The van der Waals surface area contributed by atoms with Crippen LogP contribution in [0.1, 0.15) is 11.1 Å². The van der Waals surface area contributed by atoms with E-state index in [-0.39, 0.29) is 11.5 Å². The van der Waals surface area contributed by atoms with E-state index in [9.17, 15) is 10.1 Å². The van der Waals surface area contributed by atoms with Crippen molar-refractivity contribution in [1.82, 2.24) is 5.32 Å². The first kappa shape index (κ1) is 14.3. The van der Waals surface area contributed by atoms with E-state index in [1.54, 1.807) is 6.07 Å². The van der Waals surface area contributed by atoms with E-state index in [0.29, 0.717) is 11.4 Å². The molecule has 1 aromatic rings. The maximum atomic E-state index is 10.7. The lowest BCUT2D eigenvalue weighted by Crippen LogP contribution is -2.55. The maximum Gasteiger partial charge on any atom is 0.326 e. The first-order valence-corrected chi connectivity index (χ1v) is 6.20. The van der Waals surface area contributed by atoms with Crippen molar-refractivity contribution in [3.63, 3.8) is 0 Å². The van der Waals surface area contributed by atoms with Crippen LogP contribution < -0.4 is 16.8 Å². The number of hydrogen-bond acceptors (Lipinski definition) is 6. The van der Waals surface area contributed by atoms with Gasteiger partial charge in [-0.05, 0) is 30.2 Å². The van der Waals surface area contributed by atoms with Gasteiger partial charge in [0.15, 0.2) is 5.79 Å². The number of amidine groups is 1. The van der Waals surface area contributed by atoms with Crippen molar-refractivity contribution in [2.75, 3.05) is 0 Å². The number of nitrogens with zero attached hydrogens (tertiary/aromatic N) is 2. The highest BCUT2D eigenvalue weighted by molar-refractivity contribution is 6.30. The van der Waals surface area contributed by atoms with Crippen molar-refractivity contribution >= 4 is 17.4 Å². The van der Waals surface area contributed by atoms with Crippen molar-refractivity contribution in [3.05, 3.63) is 56.4 Å². The summed E-state index contributed by atoms with van der Waals surface area (Å²) in [6, 6.07) is 5.41. The molecule has 1 aliphatic heterocycles. The van der Waals surface area contributed by atoms with Crippen LogP contribution in [-0.2, 0) is 6.42 Å². The maximum absolute atomic E-state index is 10.7. The zero-order chi connectivity index (χ0) is 14.9. The molecule has 1 atom stereocenters. The Labute approximate surface area is 120 Å². The van der Waals surface area contributed by atoms with Crippen LogP contribution in [0.4, 0.5) is 0 Å². The third kappa shape index (κ3) is 2.89. The van der Waals surface area contributed by atoms with Crippen LogP contribution in [-0.4, -0.2) is 16.5 Å². The third-order valence-electron chi connectivity index (χ3n) is 3.00. The van der Waals surface area contributed by atoms with Crippen LogP contribution in [0.2, 0.25) is 5.02 Å². The molecule has 1 unspecified atom stereocenters. The second-order valence-corrected chi connectivity index (χ2v) is 5.04. The smallest absolute Gasteiger partial charge is 0.326 e. The van der Waals surface area contributed by atoms with Gasteiger partial charge in [0, 0.05) is 11.4 Å². The number of aryl methyl sites for hydroxylation is 1. The normalized spacial score (nSPS) is 21.8. The standard InChI is InChI=1S/C12H14ClN5O2/c1-7-4-9(13)3-2-8(7)5-12(15)16-6-10(18(19)20)11(14)17-12/h2-4,6,16H,5,15H2,1H3,(H2,14,17). The molecule has 0 aromatic heterocycles. The zero-order valence-electron chi connectivity index (χ0n) is 10.8. The molecule has 0 saturated carbocycles. The van der Waals surface area contributed by atoms with Gasteiger partial charge in [-0.3, -0.25) is 15.8 Å². The van der Waals surface area contributed by atoms with Crippen LogP contribution in [0.25, 0.3) is 0 Å². The lowest BCUT2D eigenvalue weighted by molar-refractivity contribution is -0.416. The van der Waals surface area contributed by atoms with E-state index in [1.165, 1.54) is 6.20 Å².